The van der Waals surface area contributed by atoms with Crippen LogP contribution in [0.15, 0.2) is 36.7 Å². The van der Waals surface area contributed by atoms with Gasteiger partial charge < -0.3 is 4.90 Å². The van der Waals surface area contributed by atoms with E-state index in [-0.39, 0.29) is 0 Å². The molecule has 2 aromatic heterocycles. The van der Waals surface area contributed by atoms with Crippen LogP contribution in [0.2, 0.25) is 0 Å². The summed E-state index contributed by atoms with van der Waals surface area (Å²) in [6.45, 7) is 3.05. The van der Waals surface area contributed by atoms with E-state index in [0.29, 0.717) is 6.04 Å². The number of likely N-dealkylation sites (N-methyl/N-ethyl adjacent to an activating group) is 1. The Kier molecular flexibility index (Phi) is 4.20. The average molecular weight is 285 g/mol. The standard InChI is InChI=1S/C16H23N5/c1-19(12-14-8-11-20(2)18-14)15-6-5-10-21(13-15)16-7-3-4-9-17-16/h3-4,7-9,11,15H,5-6,10,12-13H2,1-2H3. The molecule has 1 aliphatic rings. The Balaban J connectivity index is 1.62. The van der Waals surface area contributed by atoms with Gasteiger partial charge >= 0.3 is 0 Å². The van der Waals surface area contributed by atoms with Crippen LogP contribution in [0.25, 0.3) is 0 Å². The number of aryl methyl sites for hydroxylation is 1. The Morgan fingerprint density at radius 2 is 2.24 bits per heavy atom. The van der Waals surface area contributed by atoms with Crippen molar-refractivity contribution in [3.63, 3.8) is 0 Å². The molecule has 1 atom stereocenters. The van der Waals surface area contributed by atoms with Crippen LogP contribution in [0.5, 0.6) is 0 Å². The van der Waals surface area contributed by atoms with E-state index < -0.39 is 0 Å². The molecular weight excluding hydrogens is 262 g/mol. The quantitative estimate of drug-likeness (QED) is 0.860. The minimum absolute atomic E-state index is 0.558. The molecule has 0 radical (unpaired) electrons. The maximum Gasteiger partial charge on any atom is 0.128 e. The molecule has 1 aliphatic heterocycles. The van der Waals surface area contributed by atoms with Crippen LogP contribution < -0.4 is 4.90 Å². The minimum atomic E-state index is 0.558. The van der Waals surface area contributed by atoms with E-state index in [2.05, 4.69) is 45.1 Å². The van der Waals surface area contributed by atoms with Crippen molar-refractivity contribution in [1.29, 1.82) is 0 Å². The van der Waals surface area contributed by atoms with E-state index in [1.807, 2.05) is 30.2 Å². The molecule has 5 heteroatoms. The molecule has 0 bridgehead atoms. The van der Waals surface area contributed by atoms with Gasteiger partial charge in [0.15, 0.2) is 0 Å². The lowest BCUT2D eigenvalue weighted by Gasteiger charge is -2.38. The summed E-state index contributed by atoms with van der Waals surface area (Å²) in [6, 6.07) is 8.78. The third kappa shape index (κ3) is 3.42. The van der Waals surface area contributed by atoms with E-state index in [0.717, 1.165) is 31.1 Å². The van der Waals surface area contributed by atoms with E-state index in [4.69, 9.17) is 0 Å². The number of hydrogen-bond donors (Lipinski definition) is 0. The Morgan fingerprint density at radius 1 is 1.33 bits per heavy atom. The molecule has 0 aliphatic carbocycles. The fraction of sp³-hybridized carbons (Fsp3) is 0.500. The molecule has 0 amide bonds. The summed E-state index contributed by atoms with van der Waals surface area (Å²) in [5.74, 6) is 1.09. The third-order valence-corrected chi connectivity index (χ3v) is 4.17. The summed E-state index contributed by atoms with van der Waals surface area (Å²) < 4.78 is 1.87. The molecule has 1 saturated heterocycles. The van der Waals surface area contributed by atoms with Crippen LogP contribution in [-0.4, -0.2) is 45.8 Å². The SMILES string of the molecule is CN(Cc1ccn(C)n1)C1CCCN(c2ccccn2)C1. The Hall–Kier alpha value is -1.88. The summed E-state index contributed by atoms with van der Waals surface area (Å²) >= 11 is 0. The first-order valence-electron chi connectivity index (χ1n) is 7.57. The van der Waals surface area contributed by atoms with Gasteiger partial charge in [-0.05, 0) is 38.1 Å². The van der Waals surface area contributed by atoms with E-state index >= 15 is 0 Å². The van der Waals surface area contributed by atoms with Crippen molar-refractivity contribution < 1.29 is 0 Å². The number of piperidine rings is 1. The van der Waals surface area contributed by atoms with Crippen LogP contribution in [0.4, 0.5) is 5.82 Å². The minimum Gasteiger partial charge on any atom is -0.355 e. The van der Waals surface area contributed by atoms with Crippen molar-refractivity contribution in [2.24, 2.45) is 7.05 Å². The predicted molar refractivity (Wildman–Crippen MR) is 84.1 cm³/mol. The van der Waals surface area contributed by atoms with Gasteiger partial charge in [-0.25, -0.2) is 4.98 Å². The van der Waals surface area contributed by atoms with E-state index in [1.54, 1.807) is 0 Å². The molecule has 1 fully saturated rings. The van der Waals surface area contributed by atoms with Crippen LogP contribution in [0.1, 0.15) is 18.5 Å². The van der Waals surface area contributed by atoms with Crippen molar-refractivity contribution in [2.45, 2.75) is 25.4 Å². The number of anilines is 1. The normalized spacial score (nSPS) is 19.2. The zero-order chi connectivity index (χ0) is 14.7. The summed E-state index contributed by atoms with van der Waals surface area (Å²) in [6.07, 6.45) is 6.33. The first kappa shape index (κ1) is 14.1. The largest absolute Gasteiger partial charge is 0.355 e. The highest BCUT2D eigenvalue weighted by atomic mass is 15.3. The number of aromatic nitrogens is 3. The summed E-state index contributed by atoms with van der Waals surface area (Å²) in [5.41, 5.74) is 1.13. The lowest BCUT2D eigenvalue weighted by atomic mass is 10.0. The second kappa shape index (κ2) is 6.26. The van der Waals surface area contributed by atoms with Gasteiger partial charge in [0.05, 0.1) is 5.69 Å². The molecule has 21 heavy (non-hydrogen) atoms. The third-order valence-electron chi connectivity index (χ3n) is 4.17. The van der Waals surface area contributed by atoms with Gasteiger partial charge in [0.25, 0.3) is 0 Å². The number of nitrogens with zero attached hydrogens (tertiary/aromatic N) is 5. The smallest absolute Gasteiger partial charge is 0.128 e. The highest BCUT2D eigenvalue weighted by Crippen LogP contribution is 2.20. The molecule has 5 nitrogen and oxygen atoms in total. The lowest BCUT2D eigenvalue weighted by molar-refractivity contribution is 0.205. The molecule has 0 saturated carbocycles. The maximum atomic E-state index is 4.48. The van der Waals surface area contributed by atoms with Gasteiger partial charge in [-0.15, -0.1) is 0 Å². The Labute approximate surface area is 126 Å². The molecule has 2 aromatic rings. The van der Waals surface area contributed by atoms with Crippen LogP contribution in [-0.2, 0) is 13.6 Å². The van der Waals surface area contributed by atoms with Gasteiger partial charge in [-0.3, -0.25) is 9.58 Å². The molecule has 3 heterocycles. The Morgan fingerprint density at radius 3 is 2.95 bits per heavy atom. The zero-order valence-electron chi connectivity index (χ0n) is 12.8. The molecule has 0 aromatic carbocycles. The van der Waals surface area contributed by atoms with Gasteiger partial charge in [-0.2, -0.15) is 5.10 Å². The zero-order valence-corrected chi connectivity index (χ0v) is 12.8. The number of rotatable bonds is 4. The van der Waals surface area contributed by atoms with Crippen molar-refractivity contribution in [2.75, 3.05) is 25.0 Å². The molecular formula is C16H23N5. The highest BCUT2D eigenvalue weighted by Gasteiger charge is 2.24. The van der Waals surface area contributed by atoms with Gasteiger partial charge in [0.1, 0.15) is 5.82 Å². The second-order valence-electron chi connectivity index (χ2n) is 5.83. The topological polar surface area (TPSA) is 37.2 Å². The van der Waals surface area contributed by atoms with E-state index in [1.165, 1.54) is 12.8 Å². The van der Waals surface area contributed by atoms with Gasteiger partial charge in [0.2, 0.25) is 0 Å². The molecule has 1 unspecified atom stereocenters. The van der Waals surface area contributed by atoms with E-state index in [9.17, 15) is 0 Å². The van der Waals surface area contributed by atoms with Crippen molar-refractivity contribution in [3.05, 3.63) is 42.4 Å². The van der Waals surface area contributed by atoms with Gasteiger partial charge in [-0.1, -0.05) is 6.07 Å². The highest BCUT2D eigenvalue weighted by molar-refractivity contribution is 5.38. The summed E-state index contributed by atoms with van der Waals surface area (Å²) in [5, 5.41) is 4.47. The second-order valence-corrected chi connectivity index (χ2v) is 5.83. The maximum absolute atomic E-state index is 4.48. The molecule has 0 N–H and O–H groups in total. The molecule has 3 rings (SSSR count). The monoisotopic (exact) mass is 285 g/mol. The fourth-order valence-corrected chi connectivity index (χ4v) is 3.00. The average Bonchev–Trinajstić information content (AvgIpc) is 2.93. The fourth-order valence-electron chi connectivity index (χ4n) is 3.00. The molecule has 112 valence electrons. The first-order valence-corrected chi connectivity index (χ1v) is 7.57. The first-order chi connectivity index (χ1) is 10.2. The van der Waals surface area contributed by atoms with Crippen LogP contribution in [0.3, 0.4) is 0 Å². The van der Waals surface area contributed by atoms with Crippen molar-refractivity contribution in [1.82, 2.24) is 19.7 Å². The van der Waals surface area contributed by atoms with Crippen molar-refractivity contribution in [3.8, 4) is 0 Å². The number of hydrogen-bond acceptors (Lipinski definition) is 4. The predicted octanol–water partition coefficient (Wildman–Crippen LogP) is 1.92. The van der Waals surface area contributed by atoms with Crippen LogP contribution in [0, 0.1) is 0 Å². The van der Waals surface area contributed by atoms with Gasteiger partial charge in [0, 0.05) is 45.1 Å². The molecule has 0 spiro atoms. The van der Waals surface area contributed by atoms with Crippen LogP contribution >= 0.6 is 0 Å². The summed E-state index contributed by atoms with van der Waals surface area (Å²) in [7, 11) is 4.16. The Bertz CT molecular complexity index is 565. The van der Waals surface area contributed by atoms with Crippen molar-refractivity contribution >= 4 is 5.82 Å². The summed E-state index contributed by atoms with van der Waals surface area (Å²) in [4.78, 5) is 9.28. The lowest BCUT2D eigenvalue weighted by Crippen LogP contribution is -2.46. The number of pyridine rings is 1.